The predicted molar refractivity (Wildman–Crippen MR) is 69.4 cm³/mol. The minimum absolute atomic E-state index is 0.0531. The van der Waals surface area contributed by atoms with Gasteiger partial charge in [-0.1, -0.05) is 6.42 Å². The number of piperidine rings is 1. The molecule has 1 heterocycles. The number of aliphatic carboxylic acids is 1. The van der Waals surface area contributed by atoms with Gasteiger partial charge in [-0.15, -0.1) is 0 Å². The van der Waals surface area contributed by atoms with E-state index in [0.717, 1.165) is 19.6 Å². The third-order valence-electron chi connectivity index (χ3n) is 3.17. The van der Waals surface area contributed by atoms with E-state index in [0.29, 0.717) is 6.42 Å². The molecule has 0 aromatic rings. The summed E-state index contributed by atoms with van der Waals surface area (Å²) in [6, 6.07) is 0. The molecule has 0 atom stereocenters. The van der Waals surface area contributed by atoms with E-state index in [1.165, 1.54) is 19.3 Å². The molecule has 104 valence electrons. The molecule has 1 rings (SSSR count). The molecule has 0 unspecified atom stereocenters. The van der Waals surface area contributed by atoms with E-state index in [1.807, 2.05) is 0 Å². The highest BCUT2D eigenvalue weighted by atomic mass is 16.4. The van der Waals surface area contributed by atoms with Crippen molar-refractivity contribution < 1.29 is 14.7 Å². The monoisotopic (exact) mass is 256 g/mol. The highest BCUT2D eigenvalue weighted by Gasteiger charge is 2.23. The second kappa shape index (κ2) is 6.73. The molecule has 0 aromatic carbocycles. The number of carbonyl (C=O) groups is 2. The van der Waals surface area contributed by atoms with Crippen LogP contribution in [0.15, 0.2) is 0 Å². The largest absolute Gasteiger partial charge is 0.481 e. The SMILES string of the molecule is CC(C)(CC(=O)O)NC(=O)CCN1CCCCC1. The van der Waals surface area contributed by atoms with Gasteiger partial charge in [0.25, 0.3) is 0 Å². The predicted octanol–water partition coefficient (Wildman–Crippen LogP) is 1.23. The average Bonchev–Trinajstić information content (AvgIpc) is 2.25. The van der Waals surface area contributed by atoms with Crippen LogP contribution in [-0.4, -0.2) is 47.1 Å². The van der Waals surface area contributed by atoms with Crippen molar-refractivity contribution in [1.29, 1.82) is 0 Å². The first-order valence-electron chi connectivity index (χ1n) is 6.64. The first kappa shape index (κ1) is 15.0. The fourth-order valence-electron chi connectivity index (χ4n) is 2.30. The number of nitrogens with one attached hydrogen (secondary N) is 1. The van der Waals surface area contributed by atoms with Gasteiger partial charge in [-0.05, 0) is 39.8 Å². The maximum Gasteiger partial charge on any atom is 0.305 e. The molecule has 0 radical (unpaired) electrons. The Labute approximate surface area is 109 Å². The van der Waals surface area contributed by atoms with Crippen LogP contribution in [0.25, 0.3) is 0 Å². The highest BCUT2D eigenvalue weighted by molar-refractivity contribution is 5.78. The minimum atomic E-state index is -0.892. The summed E-state index contributed by atoms with van der Waals surface area (Å²) >= 11 is 0. The molecule has 5 heteroatoms. The van der Waals surface area contributed by atoms with Gasteiger partial charge in [-0.2, -0.15) is 0 Å². The van der Waals surface area contributed by atoms with Gasteiger partial charge in [-0.25, -0.2) is 0 Å². The highest BCUT2D eigenvalue weighted by Crippen LogP contribution is 2.10. The van der Waals surface area contributed by atoms with E-state index in [4.69, 9.17) is 5.11 Å². The van der Waals surface area contributed by atoms with Crippen molar-refractivity contribution in [3.8, 4) is 0 Å². The van der Waals surface area contributed by atoms with Crippen molar-refractivity contribution in [2.24, 2.45) is 0 Å². The lowest BCUT2D eigenvalue weighted by molar-refractivity contribution is -0.138. The van der Waals surface area contributed by atoms with Gasteiger partial charge in [0.1, 0.15) is 0 Å². The molecule has 1 amide bonds. The Hall–Kier alpha value is -1.10. The molecule has 1 aliphatic rings. The van der Waals surface area contributed by atoms with E-state index in [1.54, 1.807) is 13.8 Å². The van der Waals surface area contributed by atoms with Crippen LogP contribution in [0.1, 0.15) is 46.0 Å². The van der Waals surface area contributed by atoms with E-state index in [2.05, 4.69) is 10.2 Å². The Morgan fingerprint density at radius 3 is 2.39 bits per heavy atom. The van der Waals surface area contributed by atoms with Crippen LogP contribution >= 0.6 is 0 Å². The molecule has 0 spiro atoms. The van der Waals surface area contributed by atoms with Crippen molar-refractivity contribution in [2.45, 2.75) is 51.5 Å². The Bertz CT molecular complexity index is 297. The molecule has 18 heavy (non-hydrogen) atoms. The van der Waals surface area contributed by atoms with E-state index in [-0.39, 0.29) is 12.3 Å². The summed E-state index contributed by atoms with van der Waals surface area (Å²) in [6.07, 6.45) is 4.11. The van der Waals surface area contributed by atoms with E-state index in [9.17, 15) is 9.59 Å². The summed E-state index contributed by atoms with van der Waals surface area (Å²) in [4.78, 5) is 24.7. The summed E-state index contributed by atoms with van der Waals surface area (Å²) in [5.41, 5.74) is -0.676. The molecule has 1 saturated heterocycles. The lowest BCUT2D eigenvalue weighted by Crippen LogP contribution is -2.46. The van der Waals surface area contributed by atoms with Crippen LogP contribution < -0.4 is 5.32 Å². The van der Waals surface area contributed by atoms with Gasteiger partial charge in [0.15, 0.2) is 0 Å². The minimum Gasteiger partial charge on any atom is -0.481 e. The molecule has 0 aliphatic carbocycles. The molecule has 1 aliphatic heterocycles. The Balaban J connectivity index is 2.25. The quantitative estimate of drug-likeness (QED) is 0.750. The zero-order valence-electron chi connectivity index (χ0n) is 11.4. The molecule has 0 saturated carbocycles. The van der Waals surface area contributed by atoms with Gasteiger partial charge >= 0.3 is 5.97 Å². The van der Waals surface area contributed by atoms with Gasteiger partial charge < -0.3 is 15.3 Å². The van der Waals surface area contributed by atoms with Crippen molar-refractivity contribution >= 4 is 11.9 Å². The number of nitrogens with zero attached hydrogens (tertiary/aromatic N) is 1. The molecule has 0 aromatic heterocycles. The fraction of sp³-hybridized carbons (Fsp3) is 0.846. The summed E-state index contributed by atoms with van der Waals surface area (Å²) in [7, 11) is 0. The lowest BCUT2D eigenvalue weighted by Gasteiger charge is -2.28. The van der Waals surface area contributed by atoms with Gasteiger partial charge in [-0.3, -0.25) is 9.59 Å². The van der Waals surface area contributed by atoms with Crippen LogP contribution in [0.2, 0.25) is 0 Å². The van der Waals surface area contributed by atoms with Gasteiger partial charge in [0.05, 0.1) is 6.42 Å². The topological polar surface area (TPSA) is 69.6 Å². The fourth-order valence-corrected chi connectivity index (χ4v) is 2.30. The number of rotatable bonds is 6. The van der Waals surface area contributed by atoms with Crippen LogP contribution in [0.3, 0.4) is 0 Å². The summed E-state index contributed by atoms with van der Waals surface area (Å²) < 4.78 is 0. The summed E-state index contributed by atoms with van der Waals surface area (Å²) in [6.45, 7) is 6.40. The summed E-state index contributed by atoms with van der Waals surface area (Å²) in [5.74, 6) is -0.955. The lowest BCUT2D eigenvalue weighted by atomic mass is 10.0. The summed E-state index contributed by atoms with van der Waals surface area (Å²) in [5, 5.41) is 11.5. The number of likely N-dealkylation sites (tertiary alicyclic amines) is 1. The van der Waals surface area contributed by atoms with Gasteiger partial charge in [0, 0.05) is 18.5 Å². The normalized spacial score (nSPS) is 17.4. The molecule has 5 nitrogen and oxygen atoms in total. The van der Waals surface area contributed by atoms with Crippen LogP contribution in [0, 0.1) is 0 Å². The van der Waals surface area contributed by atoms with E-state index < -0.39 is 11.5 Å². The van der Waals surface area contributed by atoms with Crippen molar-refractivity contribution in [1.82, 2.24) is 10.2 Å². The maximum absolute atomic E-state index is 11.8. The molecular weight excluding hydrogens is 232 g/mol. The smallest absolute Gasteiger partial charge is 0.305 e. The third kappa shape index (κ3) is 6.00. The van der Waals surface area contributed by atoms with Crippen LogP contribution in [0.5, 0.6) is 0 Å². The maximum atomic E-state index is 11.8. The zero-order chi connectivity index (χ0) is 13.6. The Morgan fingerprint density at radius 2 is 1.83 bits per heavy atom. The number of carboxylic acid groups (broad SMARTS) is 1. The molecule has 2 N–H and O–H groups in total. The number of amides is 1. The van der Waals surface area contributed by atoms with Crippen molar-refractivity contribution in [2.75, 3.05) is 19.6 Å². The second-order valence-corrected chi connectivity index (χ2v) is 5.65. The second-order valence-electron chi connectivity index (χ2n) is 5.65. The number of hydrogen-bond donors (Lipinski definition) is 2. The van der Waals surface area contributed by atoms with Crippen molar-refractivity contribution in [3.63, 3.8) is 0 Å². The first-order valence-corrected chi connectivity index (χ1v) is 6.64. The number of carboxylic acids is 1. The molecule has 0 bridgehead atoms. The van der Waals surface area contributed by atoms with Gasteiger partial charge in [0.2, 0.25) is 5.91 Å². The van der Waals surface area contributed by atoms with Crippen LogP contribution in [0.4, 0.5) is 0 Å². The Kier molecular flexibility index (Phi) is 5.59. The van der Waals surface area contributed by atoms with Crippen molar-refractivity contribution in [3.05, 3.63) is 0 Å². The zero-order valence-corrected chi connectivity index (χ0v) is 11.4. The number of hydrogen-bond acceptors (Lipinski definition) is 3. The molecular formula is C13H24N2O3. The number of carbonyl (C=O) groups excluding carboxylic acids is 1. The first-order chi connectivity index (χ1) is 8.39. The standard InChI is InChI=1S/C13H24N2O3/c1-13(2,10-12(17)18)14-11(16)6-9-15-7-4-3-5-8-15/h3-10H2,1-2H3,(H,14,16)(H,17,18). The molecule has 1 fully saturated rings. The van der Waals surface area contributed by atoms with Crippen LogP contribution in [-0.2, 0) is 9.59 Å². The Morgan fingerprint density at radius 1 is 1.22 bits per heavy atom. The third-order valence-corrected chi connectivity index (χ3v) is 3.17. The average molecular weight is 256 g/mol. The van der Waals surface area contributed by atoms with E-state index >= 15 is 0 Å².